The zero-order valence-electron chi connectivity index (χ0n) is 9.84. The molecule has 2 rings (SSSR count). The van der Waals surface area contributed by atoms with Crippen molar-refractivity contribution in [2.45, 2.75) is 12.5 Å². The molecule has 1 unspecified atom stereocenters. The Labute approximate surface area is 129 Å². The van der Waals surface area contributed by atoms with Crippen molar-refractivity contribution in [2.24, 2.45) is 5.73 Å². The lowest BCUT2D eigenvalue weighted by atomic mass is 10.00. The largest absolute Gasteiger partial charge is 0.324 e. The molecule has 2 N–H and O–H groups in total. The maximum atomic E-state index is 13.5. The minimum Gasteiger partial charge on any atom is -0.324 e. The maximum Gasteiger partial charge on any atom is 0.137 e. The molecule has 1 atom stereocenters. The summed E-state index contributed by atoms with van der Waals surface area (Å²) in [7, 11) is 0. The van der Waals surface area contributed by atoms with Gasteiger partial charge in [0.25, 0.3) is 0 Å². The van der Waals surface area contributed by atoms with E-state index < -0.39 is 0 Å². The zero-order chi connectivity index (χ0) is 14.0. The van der Waals surface area contributed by atoms with E-state index in [1.165, 1.54) is 6.07 Å². The van der Waals surface area contributed by atoms with Crippen LogP contribution in [0.1, 0.15) is 17.2 Å². The van der Waals surface area contributed by atoms with Crippen molar-refractivity contribution < 1.29 is 4.39 Å². The van der Waals surface area contributed by atoms with Crippen molar-refractivity contribution in [3.05, 3.63) is 67.9 Å². The average Bonchev–Trinajstić information content (AvgIpc) is 2.37. The predicted molar refractivity (Wildman–Crippen MR) is 81.2 cm³/mol. The fourth-order valence-electron chi connectivity index (χ4n) is 1.84. The number of rotatable bonds is 3. The molecule has 2 aromatic rings. The van der Waals surface area contributed by atoms with Crippen molar-refractivity contribution in [1.82, 2.24) is 0 Å². The van der Waals surface area contributed by atoms with Crippen LogP contribution in [0.4, 0.5) is 4.39 Å². The molecule has 1 nitrogen and oxygen atoms in total. The van der Waals surface area contributed by atoms with Crippen LogP contribution >= 0.6 is 39.1 Å². The van der Waals surface area contributed by atoms with E-state index in [1.807, 2.05) is 6.07 Å². The van der Waals surface area contributed by atoms with Crippen molar-refractivity contribution >= 4 is 39.1 Å². The highest BCUT2D eigenvalue weighted by molar-refractivity contribution is 9.10. The molecule has 0 bridgehead atoms. The molecule has 5 heteroatoms. The molecule has 100 valence electrons. The van der Waals surface area contributed by atoms with Gasteiger partial charge in [-0.15, -0.1) is 0 Å². The van der Waals surface area contributed by atoms with Gasteiger partial charge in [0.1, 0.15) is 5.82 Å². The van der Waals surface area contributed by atoms with Gasteiger partial charge in [0, 0.05) is 6.04 Å². The Morgan fingerprint density at radius 2 is 1.89 bits per heavy atom. The zero-order valence-corrected chi connectivity index (χ0v) is 12.9. The Bertz CT molecular complexity index is 604. The van der Waals surface area contributed by atoms with Gasteiger partial charge in [-0.05, 0) is 51.7 Å². The number of hydrogen-bond acceptors (Lipinski definition) is 1. The number of nitrogens with two attached hydrogens (primary N) is 1. The number of hydrogen-bond donors (Lipinski definition) is 1. The van der Waals surface area contributed by atoms with Gasteiger partial charge < -0.3 is 5.73 Å². The van der Waals surface area contributed by atoms with E-state index in [9.17, 15) is 4.39 Å². The first-order chi connectivity index (χ1) is 8.99. The fourth-order valence-corrected chi connectivity index (χ4v) is 2.72. The second-order valence-electron chi connectivity index (χ2n) is 4.20. The van der Waals surface area contributed by atoms with Crippen LogP contribution in [-0.2, 0) is 6.42 Å². The maximum absolute atomic E-state index is 13.5. The second kappa shape index (κ2) is 6.23. The van der Waals surface area contributed by atoms with Gasteiger partial charge in [0.05, 0.1) is 14.5 Å². The van der Waals surface area contributed by atoms with E-state index in [0.29, 0.717) is 20.9 Å². The van der Waals surface area contributed by atoms with Gasteiger partial charge >= 0.3 is 0 Å². The van der Waals surface area contributed by atoms with E-state index in [-0.39, 0.29) is 11.9 Å². The highest BCUT2D eigenvalue weighted by Gasteiger charge is 2.13. The number of halogens is 4. The molecule has 0 aliphatic carbocycles. The quantitative estimate of drug-likeness (QED) is 0.803. The van der Waals surface area contributed by atoms with Crippen LogP contribution in [0.5, 0.6) is 0 Å². The standard InChI is InChI=1S/C14H11BrCl2FN/c15-14-9(2-1-3-12(14)18)13(19)7-8-4-5-10(16)11(17)6-8/h1-6,13H,7,19H2. The molecule has 0 saturated heterocycles. The molecule has 0 saturated carbocycles. The third-order valence-corrected chi connectivity index (χ3v) is 4.40. The predicted octanol–water partition coefficient (Wildman–Crippen LogP) is 5.14. The minimum absolute atomic E-state index is 0.317. The van der Waals surface area contributed by atoms with Crippen LogP contribution in [0.2, 0.25) is 10.0 Å². The Morgan fingerprint density at radius 3 is 2.58 bits per heavy atom. The van der Waals surface area contributed by atoms with Crippen LogP contribution in [0.15, 0.2) is 40.9 Å². The van der Waals surface area contributed by atoms with Crippen molar-refractivity contribution in [1.29, 1.82) is 0 Å². The van der Waals surface area contributed by atoms with Crippen molar-refractivity contribution in [2.75, 3.05) is 0 Å². The van der Waals surface area contributed by atoms with E-state index in [4.69, 9.17) is 28.9 Å². The summed E-state index contributed by atoms with van der Waals surface area (Å²) in [5, 5.41) is 0.996. The second-order valence-corrected chi connectivity index (χ2v) is 5.81. The SMILES string of the molecule is NC(Cc1ccc(Cl)c(Cl)c1)c1cccc(F)c1Br. The minimum atomic E-state index is -0.318. The van der Waals surface area contributed by atoms with Crippen LogP contribution in [0, 0.1) is 5.82 Å². The number of benzene rings is 2. The van der Waals surface area contributed by atoms with Crippen LogP contribution < -0.4 is 5.73 Å². The summed E-state index contributed by atoms with van der Waals surface area (Å²) in [6.45, 7) is 0. The lowest BCUT2D eigenvalue weighted by Crippen LogP contribution is -2.14. The third kappa shape index (κ3) is 3.48. The molecule has 0 aliphatic heterocycles. The fraction of sp³-hybridized carbons (Fsp3) is 0.143. The normalized spacial score (nSPS) is 12.5. The summed E-state index contributed by atoms with van der Waals surface area (Å²) in [6, 6.07) is 9.88. The molecule has 0 heterocycles. The van der Waals surface area contributed by atoms with E-state index in [0.717, 1.165) is 11.1 Å². The first-order valence-corrected chi connectivity index (χ1v) is 7.17. The molecule has 0 fully saturated rings. The van der Waals surface area contributed by atoms with Gasteiger partial charge in [-0.1, -0.05) is 41.4 Å². The average molecular weight is 363 g/mol. The molecule has 0 amide bonds. The van der Waals surface area contributed by atoms with Gasteiger partial charge in [-0.3, -0.25) is 0 Å². The molecule has 0 aromatic heterocycles. The molecular weight excluding hydrogens is 352 g/mol. The highest BCUT2D eigenvalue weighted by Crippen LogP contribution is 2.29. The molecule has 19 heavy (non-hydrogen) atoms. The van der Waals surface area contributed by atoms with Gasteiger partial charge in [-0.25, -0.2) is 4.39 Å². The highest BCUT2D eigenvalue weighted by atomic mass is 79.9. The lowest BCUT2D eigenvalue weighted by Gasteiger charge is -2.14. The monoisotopic (exact) mass is 361 g/mol. The Balaban J connectivity index is 2.23. The summed E-state index contributed by atoms with van der Waals surface area (Å²) >= 11 is 15.0. The summed E-state index contributed by atoms with van der Waals surface area (Å²) in [5.74, 6) is -0.318. The first-order valence-electron chi connectivity index (χ1n) is 5.62. The lowest BCUT2D eigenvalue weighted by molar-refractivity contribution is 0.610. The van der Waals surface area contributed by atoms with Gasteiger partial charge in [0.15, 0.2) is 0 Å². The van der Waals surface area contributed by atoms with Crippen LogP contribution in [0.25, 0.3) is 0 Å². The topological polar surface area (TPSA) is 26.0 Å². The Hall–Kier alpha value is -0.610. The van der Waals surface area contributed by atoms with Crippen molar-refractivity contribution in [3.8, 4) is 0 Å². The van der Waals surface area contributed by atoms with Crippen molar-refractivity contribution in [3.63, 3.8) is 0 Å². The molecule has 0 aliphatic rings. The third-order valence-electron chi connectivity index (χ3n) is 2.82. The van der Waals surface area contributed by atoms with Gasteiger partial charge in [-0.2, -0.15) is 0 Å². The smallest absolute Gasteiger partial charge is 0.137 e. The molecule has 0 radical (unpaired) electrons. The van der Waals surface area contributed by atoms with E-state index >= 15 is 0 Å². The summed E-state index contributed by atoms with van der Waals surface area (Å²) in [5.41, 5.74) is 7.80. The Kier molecular flexibility index (Phi) is 4.85. The van der Waals surface area contributed by atoms with E-state index in [1.54, 1.807) is 24.3 Å². The summed E-state index contributed by atoms with van der Waals surface area (Å²) < 4.78 is 13.9. The molecular formula is C14H11BrCl2FN. The molecule has 2 aromatic carbocycles. The summed E-state index contributed by atoms with van der Waals surface area (Å²) in [6.07, 6.45) is 0.555. The molecule has 0 spiro atoms. The van der Waals surface area contributed by atoms with Crippen LogP contribution in [0.3, 0.4) is 0 Å². The first kappa shape index (κ1) is 14.8. The van der Waals surface area contributed by atoms with E-state index in [2.05, 4.69) is 15.9 Å². The van der Waals surface area contributed by atoms with Gasteiger partial charge in [0.2, 0.25) is 0 Å². The summed E-state index contributed by atoms with van der Waals surface area (Å²) in [4.78, 5) is 0. The van der Waals surface area contributed by atoms with Crippen LogP contribution in [-0.4, -0.2) is 0 Å². The Morgan fingerprint density at radius 1 is 1.16 bits per heavy atom.